The van der Waals surface area contributed by atoms with Crippen LogP contribution in [0.5, 0.6) is 5.75 Å². The van der Waals surface area contributed by atoms with Crippen molar-refractivity contribution in [2.24, 2.45) is 0 Å². The number of aromatic nitrogens is 3. The van der Waals surface area contributed by atoms with E-state index in [0.717, 1.165) is 6.42 Å². The highest BCUT2D eigenvalue weighted by molar-refractivity contribution is 6.33. The minimum atomic E-state index is 0.0227. The Morgan fingerprint density at radius 1 is 0.694 bits per heavy atom. The number of halogens is 3. The SMILES string of the molecule is C1=Cc2cccc3cccc(c23)C1.Clc1nc(Cl)nc(Nc2ccccc2Cl)n1.Oc1ccccc1. The van der Waals surface area contributed by atoms with Crippen LogP contribution in [0.4, 0.5) is 11.6 Å². The van der Waals surface area contributed by atoms with Gasteiger partial charge in [0.1, 0.15) is 5.75 Å². The molecule has 1 aliphatic carbocycles. The highest BCUT2D eigenvalue weighted by atomic mass is 35.5. The van der Waals surface area contributed by atoms with Crippen LogP contribution in [-0.2, 0) is 6.42 Å². The van der Waals surface area contributed by atoms with Gasteiger partial charge in [-0.1, -0.05) is 90.5 Å². The minimum Gasteiger partial charge on any atom is -0.508 e. The molecule has 5 nitrogen and oxygen atoms in total. The molecule has 0 saturated carbocycles. The Morgan fingerprint density at radius 3 is 2.03 bits per heavy atom. The van der Waals surface area contributed by atoms with Gasteiger partial charge in [0.15, 0.2) is 0 Å². The summed E-state index contributed by atoms with van der Waals surface area (Å²) >= 11 is 17.2. The molecule has 1 aromatic heterocycles. The van der Waals surface area contributed by atoms with E-state index in [1.165, 1.54) is 21.9 Å². The molecule has 1 heterocycles. The van der Waals surface area contributed by atoms with E-state index < -0.39 is 0 Å². The van der Waals surface area contributed by atoms with Crippen molar-refractivity contribution in [1.82, 2.24) is 15.0 Å². The molecule has 180 valence electrons. The number of para-hydroxylation sites is 2. The largest absolute Gasteiger partial charge is 0.508 e. The first-order valence-electron chi connectivity index (χ1n) is 11.0. The average Bonchev–Trinajstić information content (AvgIpc) is 2.87. The van der Waals surface area contributed by atoms with Gasteiger partial charge in [0, 0.05) is 0 Å². The molecule has 0 atom stereocenters. The number of hydrogen-bond donors (Lipinski definition) is 2. The number of aromatic hydroxyl groups is 1. The summed E-state index contributed by atoms with van der Waals surface area (Å²) in [7, 11) is 0. The molecule has 8 heteroatoms. The van der Waals surface area contributed by atoms with Crippen molar-refractivity contribution in [1.29, 1.82) is 0 Å². The lowest BCUT2D eigenvalue weighted by atomic mass is 9.93. The Hall–Kier alpha value is -3.64. The van der Waals surface area contributed by atoms with Crippen LogP contribution < -0.4 is 5.32 Å². The van der Waals surface area contributed by atoms with Crippen molar-refractivity contribution < 1.29 is 5.11 Å². The fourth-order valence-corrected chi connectivity index (χ4v) is 4.11. The minimum absolute atomic E-state index is 0.0227. The van der Waals surface area contributed by atoms with Crippen molar-refractivity contribution in [3.63, 3.8) is 0 Å². The Balaban J connectivity index is 0.000000136. The number of phenolic OH excluding ortho intramolecular Hbond substituents is 1. The number of nitrogens with zero attached hydrogens (tertiary/aromatic N) is 3. The zero-order valence-electron chi connectivity index (χ0n) is 18.9. The lowest BCUT2D eigenvalue weighted by Crippen LogP contribution is -1.99. The molecular weight excluding hydrogens is 515 g/mol. The Bertz CT molecular complexity index is 1470. The van der Waals surface area contributed by atoms with E-state index >= 15 is 0 Å². The Labute approximate surface area is 224 Å². The summed E-state index contributed by atoms with van der Waals surface area (Å²) in [5.74, 6) is 0.570. The quantitative estimate of drug-likeness (QED) is 0.237. The van der Waals surface area contributed by atoms with Crippen molar-refractivity contribution in [2.45, 2.75) is 6.42 Å². The lowest BCUT2D eigenvalue weighted by molar-refractivity contribution is 0.475. The number of hydrogen-bond acceptors (Lipinski definition) is 5. The second-order valence-corrected chi connectivity index (χ2v) is 8.69. The normalized spacial score (nSPS) is 11.1. The van der Waals surface area contributed by atoms with E-state index in [1.807, 2.05) is 18.2 Å². The van der Waals surface area contributed by atoms with E-state index in [-0.39, 0.29) is 16.5 Å². The third kappa shape index (κ3) is 6.95. The number of anilines is 2. The maximum absolute atomic E-state index is 8.63. The van der Waals surface area contributed by atoms with Gasteiger partial charge >= 0.3 is 0 Å². The molecule has 0 radical (unpaired) electrons. The molecule has 4 aromatic carbocycles. The average molecular weight is 536 g/mol. The van der Waals surface area contributed by atoms with Crippen LogP contribution in [0.15, 0.2) is 97.1 Å². The Kier molecular flexibility index (Phi) is 8.74. The van der Waals surface area contributed by atoms with Gasteiger partial charge in [0.25, 0.3) is 0 Å². The van der Waals surface area contributed by atoms with Crippen molar-refractivity contribution in [3.8, 4) is 5.75 Å². The summed E-state index contributed by atoms with van der Waals surface area (Å²) in [4.78, 5) is 11.4. The van der Waals surface area contributed by atoms with E-state index in [2.05, 4.69) is 68.8 Å². The number of nitrogens with one attached hydrogen (secondary N) is 1. The molecule has 0 spiro atoms. The fourth-order valence-electron chi connectivity index (χ4n) is 3.56. The van der Waals surface area contributed by atoms with E-state index in [1.54, 1.807) is 36.4 Å². The van der Waals surface area contributed by atoms with Crippen LogP contribution in [0, 0.1) is 0 Å². The number of allylic oxidation sites excluding steroid dienone is 1. The molecule has 1 aliphatic rings. The maximum Gasteiger partial charge on any atom is 0.232 e. The van der Waals surface area contributed by atoms with Gasteiger partial charge in [-0.15, -0.1) is 0 Å². The zero-order valence-corrected chi connectivity index (χ0v) is 21.2. The van der Waals surface area contributed by atoms with Gasteiger partial charge in [-0.05, 0) is 75.8 Å². The van der Waals surface area contributed by atoms with Gasteiger partial charge in [0.05, 0.1) is 10.7 Å². The molecule has 0 bridgehead atoms. The van der Waals surface area contributed by atoms with Crippen molar-refractivity contribution in [2.75, 3.05) is 5.32 Å². The molecule has 0 aliphatic heterocycles. The first-order chi connectivity index (χ1) is 17.5. The van der Waals surface area contributed by atoms with Crippen molar-refractivity contribution >= 4 is 63.3 Å². The van der Waals surface area contributed by atoms with Gasteiger partial charge in [-0.3, -0.25) is 0 Å². The first-order valence-corrected chi connectivity index (χ1v) is 12.1. The topological polar surface area (TPSA) is 70.9 Å². The van der Waals surface area contributed by atoms with E-state index in [9.17, 15) is 0 Å². The van der Waals surface area contributed by atoms with Gasteiger partial charge < -0.3 is 10.4 Å². The Morgan fingerprint density at radius 2 is 1.36 bits per heavy atom. The molecule has 6 rings (SSSR count). The number of phenols is 1. The maximum atomic E-state index is 8.63. The third-order valence-electron chi connectivity index (χ3n) is 5.12. The molecule has 0 unspecified atom stereocenters. The smallest absolute Gasteiger partial charge is 0.232 e. The van der Waals surface area contributed by atoms with Crippen LogP contribution in [0.3, 0.4) is 0 Å². The summed E-state index contributed by atoms with van der Waals surface area (Å²) < 4.78 is 0. The van der Waals surface area contributed by atoms with Crippen LogP contribution in [0.1, 0.15) is 11.1 Å². The standard InChI is InChI=1S/C13H10.C9H5Cl3N4.C6H6O/c1-4-10-6-2-8-12-9-3-7-11(5-1)13(10)12;10-5-3-1-2-4-6(5)13-9-15-7(11)14-8(12)16-9;7-6-4-2-1-3-5-6/h1-8H,9H2;1-4H,(H,13,14,15,16);1-5,7H. The lowest BCUT2D eigenvalue weighted by Gasteiger charge is -2.11. The highest BCUT2D eigenvalue weighted by Crippen LogP contribution is 2.28. The summed E-state index contributed by atoms with van der Waals surface area (Å²) in [6.07, 6.45) is 5.53. The van der Waals surface area contributed by atoms with Crippen LogP contribution in [0.2, 0.25) is 15.6 Å². The molecule has 0 fully saturated rings. The molecule has 0 amide bonds. The van der Waals surface area contributed by atoms with Crippen LogP contribution in [0.25, 0.3) is 16.8 Å². The van der Waals surface area contributed by atoms with Gasteiger partial charge in [0.2, 0.25) is 16.5 Å². The monoisotopic (exact) mass is 534 g/mol. The predicted octanol–water partition coefficient (Wildman–Crippen LogP) is 8.38. The number of rotatable bonds is 2. The fraction of sp³-hybridized carbons (Fsp3) is 0.0357. The zero-order chi connectivity index (χ0) is 25.3. The molecule has 2 N–H and O–H groups in total. The molecular formula is C28H21Cl3N4O. The van der Waals surface area contributed by atoms with E-state index in [4.69, 9.17) is 39.9 Å². The van der Waals surface area contributed by atoms with Gasteiger partial charge in [-0.2, -0.15) is 15.0 Å². The second-order valence-electron chi connectivity index (χ2n) is 7.61. The molecule has 5 aromatic rings. The highest BCUT2D eigenvalue weighted by Gasteiger charge is 2.07. The predicted molar refractivity (Wildman–Crippen MR) is 149 cm³/mol. The summed E-state index contributed by atoms with van der Waals surface area (Å²) in [5.41, 5.74) is 3.48. The number of benzene rings is 4. The molecule has 0 saturated heterocycles. The summed E-state index contributed by atoms with van der Waals surface area (Å²) in [5, 5.41) is 14.9. The second kappa shape index (κ2) is 12.4. The van der Waals surface area contributed by atoms with Crippen LogP contribution in [-0.4, -0.2) is 20.1 Å². The van der Waals surface area contributed by atoms with Crippen LogP contribution >= 0.6 is 34.8 Å². The molecule has 36 heavy (non-hydrogen) atoms. The van der Waals surface area contributed by atoms with E-state index in [0.29, 0.717) is 16.5 Å². The van der Waals surface area contributed by atoms with Gasteiger partial charge in [-0.25, -0.2) is 0 Å². The third-order valence-corrected chi connectivity index (χ3v) is 5.78. The van der Waals surface area contributed by atoms with Crippen molar-refractivity contribution in [3.05, 3.63) is 124 Å². The summed E-state index contributed by atoms with van der Waals surface area (Å²) in [6, 6.07) is 28.9. The first kappa shape index (κ1) is 25.5. The summed E-state index contributed by atoms with van der Waals surface area (Å²) in [6.45, 7) is 0.